The quantitative estimate of drug-likeness (QED) is 0.584. The Morgan fingerprint density at radius 2 is 1.83 bits per heavy atom. The van der Waals surface area contributed by atoms with E-state index in [0.29, 0.717) is 31.3 Å². The third-order valence-corrected chi connectivity index (χ3v) is 5.44. The van der Waals surface area contributed by atoms with Crippen LogP contribution in [0.25, 0.3) is 11.4 Å². The SMILES string of the molecule is CCOc1ccc(-c2noc(C3CC(=O)N(C(C)c4ccc(OC)cc4)C3)n2)cc1. The topological polar surface area (TPSA) is 77.7 Å². The van der Waals surface area contributed by atoms with Crippen molar-refractivity contribution in [1.29, 1.82) is 0 Å². The standard InChI is InChI=1S/C23H25N3O4/c1-4-29-20-11-7-17(8-12-20)22-24-23(30-25-22)18-13-21(27)26(14-18)15(2)16-5-9-19(28-3)10-6-16/h5-12,15,18H,4,13-14H2,1-3H3. The number of rotatable bonds is 7. The molecule has 0 radical (unpaired) electrons. The van der Waals surface area contributed by atoms with E-state index in [4.69, 9.17) is 14.0 Å². The molecule has 30 heavy (non-hydrogen) atoms. The van der Waals surface area contributed by atoms with Gasteiger partial charge in [-0.15, -0.1) is 0 Å². The highest BCUT2D eigenvalue weighted by Gasteiger charge is 2.37. The van der Waals surface area contributed by atoms with Gasteiger partial charge in [-0.25, -0.2) is 0 Å². The van der Waals surface area contributed by atoms with E-state index >= 15 is 0 Å². The van der Waals surface area contributed by atoms with Crippen LogP contribution in [0.2, 0.25) is 0 Å². The number of benzene rings is 2. The fourth-order valence-corrected chi connectivity index (χ4v) is 3.72. The van der Waals surface area contributed by atoms with Crippen LogP contribution in [0.1, 0.15) is 43.7 Å². The zero-order valence-corrected chi connectivity index (χ0v) is 17.4. The van der Waals surface area contributed by atoms with E-state index in [1.807, 2.05) is 67.3 Å². The molecule has 7 heteroatoms. The van der Waals surface area contributed by atoms with Gasteiger partial charge >= 0.3 is 0 Å². The van der Waals surface area contributed by atoms with Crippen molar-refractivity contribution in [3.8, 4) is 22.9 Å². The Labute approximate surface area is 175 Å². The van der Waals surface area contributed by atoms with E-state index in [1.165, 1.54) is 0 Å². The molecule has 1 fully saturated rings. The highest BCUT2D eigenvalue weighted by atomic mass is 16.5. The van der Waals surface area contributed by atoms with Crippen molar-refractivity contribution in [2.75, 3.05) is 20.3 Å². The molecule has 2 unspecified atom stereocenters. The molecule has 2 heterocycles. The summed E-state index contributed by atoms with van der Waals surface area (Å²) in [5, 5.41) is 4.11. The number of hydrogen-bond acceptors (Lipinski definition) is 6. The van der Waals surface area contributed by atoms with Crippen LogP contribution in [-0.4, -0.2) is 41.2 Å². The van der Waals surface area contributed by atoms with Crippen LogP contribution in [0.15, 0.2) is 53.1 Å². The number of hydrogen-bond donors (Lipinski definition) is 0. The molecule has 1 saturated heterocycles. The Morgan fingerprint density at radius 1 is 1.13 bits per heavy atom. The monoisotopic (exact) mass is 407 g/mol. The first kappa shape index (κ1) is 19.9. The highest BCUT2D eigenvalue weighted by Crippen LogP contribution is 2.34. The van der Waals surface area contributed by atoms with Crippen molar-refractivity contribution in [2.45, 2.75) is 32.2 Å². The minimum atomic E-state index is -0.109. The second-order valence-electron chi connectivity index (χ2n) is 7.31. The van der Waals surface area contributed by atoms with E-state index in [2.05, 4.69) is 10.1 Å². The molecule has 1 aromatic heterocycles. The van der Waals surface area contributed by atoms with E-state index < -0.39 is 0 Å². The van der Waals surface area contributed by atoms with Gasteiger partial charge < -0.3 is 18.9 Å². The first-order valence-corrected chi connectivity index (χ1v) is 10.1. The van der Waals surface area contributed by atoms with E-state index in [1.54, 1.807) is 7.11 Å². The van der Waals surface area contributed by atoms with Crippen LogP contribution in [-0.2, 0) is 4.79 Å². The minimum Gasteiger partial charge on any atom is -0.497 e. The zero-order valence-electron chi connectivity index (χ0n) is 17.4. The molecule has 0 bridgehead atoms. The van der Waals surface area contributed by atoms with Gasteiger partial charge in [0.15, 0.2) is 0 Å². The molecule has 7 nitrogen and oxygen atoms in total. The molecule has 1 amide bonds. The number of likely N-dealkylation sites (tertiary alicyclic amines) is 1. The van der Waals surface area contributed by atoms with Crippen LogP contribution in [0.3, 0.4) is 0 Å². The molecule has 2 aromatic carbocycles. The predicted molar refractivity (Wildman–Crippen MR) is 111 cm³/mol. The van der Waals surface area contributed by atoms with Crippen LogP contribution in [0.5, 0.6) is 11.5 Å². The average Bonchev–Trinajstić information content (AvgIpc) is 3.41. The lowest BCUT2D eigenvalue weighted by molar-refractivity contribution is -0.129. The van der Waals surface area contributed by atoms with Crippen molar-refractivity contribution >= 4 is 5.91 Å². The van der Waals surface area contributed by atoms with Crippen molar-refractivity contribution in [3.05, 3.63) is 60.0 Å². The number of nitrogens with zero attached hydrogens (tertiary/aromatic N) is 3. The van der Waals surface area contributed by atoms with Crippen molar-refractivity contribution in [3.63, 3.8) is 0 Å². The molecular formula is C23H25N3O4. The lowest BCUT2D eigenvalue weighted by Gasteiger charge is -2.25. The Morgan fingerprint density at radius 3 is 2.50 bits per heavy atom. The molecule has 0 aliphatic carbocycles. The highest BCUT2D eigenvalue weighted by molar-refractivity contribution is 5.80. The number of amides is 1. The fourth-order valence-electron chi connectivity index (χ4n) is 3.72. The predicted octanol–water partition coefficient (Wildman–Crippen LogP) is 4.22. The fraction of sp³-hybridized carbons (Fsp3) is 0.348. The number of carbonyl (C=O) groups excluding carboxylic acids is 1. The molecule has 1 aliphatic rings. The summed E-state index contributed by atoms with van der Waals surface area (Å²) < 4.78 is 16.2. The molecule has 0 saturated carbocycles. The summed E-state index contributed by atoms with van der Waals surface area (Å²) in [5.74, 6) is 2.59. The number of aromatic nitrogens is 2. The molecular weight excluding hydrogens is 382 g/mol. The number of methoxy groups -OCH3 is 1. The van der Waals surface area contributed by atoms with Gasteiger partial charge in [-0.3, -0.25) is 4.79 Å². The van der Waals surface area contributed by atoms with E-state index in [9.17, 15) is 4.79 Å². The third-order valence-electron chi connectivity index (χ3n) is 5.44. The molecule has 4 rings (SSSR count). The van der Waals surface area contributed by atoms with Gasteiger partial charge in [0.1, 0.15) is 11.5 Å². The summed E-state index contributed by atoms with van der Waals surface area (Å²) in [6, 6.07) is 15.3. The van der Waals surface area contributed by atoms with Crippen LogP contribution < -0.4 is 9.47 Å². The smallest absolute Gasteiger partial charge is 0.232 e. The van der Waals surface area contributed by atoms with Crippen LogP contribution >= 0.6 is 0 Å². The van der Waals surface area contributed by atoms with Crippen LogP contribution in [0, 0.1) is 0 Å². The summed E-state index contributed by atoms with van der Waals surface area (Å²) >= 11 is 0. The Bertz CT molecular complexity index is 998. The van der Waals surface area contributed by atoms with Gasteiger partial charge in [0.2, 0.25) is 17.6 Å². The lowest BCUT2D eigenvalue weighted by atomic mass is 10.1. The maximum Gasteiger partial charge on any atom is 0.232 e. The van der Waals surface area contributed by atoms with Gasteiger partial charge in [0.25, 0.3) is 0 Å². The summed E-state index contributed by atoms with van der Waals surface area (Å²) in [5.41, 5.74) is 1.91. The summed E-state index contributed by atoms with van der Waals surface area (Å²) in [7, 11) is 1.64. The normalized spacial score (nSPS) is 17.2. The Balaban J connectivity index is 1.46. The van der Waals surface area contributed by atoms with Crippen molar-refractivity contribution in [2.24, 2.45) is 0 Å². The van der Waals surface area contributed by atoms with Gasteiger partial charge in [-0.05, 0) is 55.8 Å². The molecule has 156 valence electrons. The average molecular weight is 407 g/mol. The summed E-state index contributed by atoms with van der Waals surface area (Å²) in [6.45, 7) is 5.14. The Hall–Kier alpha value is -3.35. The Kier molecular flexibility index (Phi) is 5.70. The zero-order chi connectivity index (χ0) is 21.1. The molecule has 2 atom stereocenters. The van der Waals surface area contributed by atoms with Crippen molar-refractivity contribution in [1.82, 2.24) is 15.0 Å². The molecule has 3 aromatic rings. The number of carbonyl (C=O) groups is 1. The molecule has 0 N–H and O–H groups in total. The second-order valence-corrected chi connectivity index (χ2v) is 7.31. The van der Waals surface area contributed by atoms with Gasteiger partial charge in [-0.2, -0.15) is 4.98 Å². The van der Waals surface area contributed by atoms with Crippen LogP contribution in [0.4, 0.5) is 0 Å². The largest absolute Gasteiger partial charge is 0.497 e. The van der Waals surface area contributed by atoms with Crippen molar-refractivity contribution < 1.29 is 18.8 Å². The molecule has 1 aliphatic heterocycles. The van der Waals surface area contributed by atoms with E-state index in [-0.39, 0.29) is 17.9 Å². The van der Waals surface area contributed by atoms with Gasteiger partial charge in [0.05, 0.1) is 25.7 Å². The number of ether oxygens (including phenoxy) is 2. The van der Waals surface area contributed by atoms with Gasteiger partial charge in [0, 0.05) is 18.5 Å². The first-order chi connectivity index (χ1) is 14.6. The minimum absolute atomic E-state index is 0.0399. The first-order valence-electron chi connectivity index (χ1n) is 10.1. The van der Waals surface area contributed by atoms with Gasteiger partial charge in [-0.1, -0.05) is 17.3 Å². The van der Waals surface area contributed by atoms with E-state index in [0.717, 1.165) is 22.6 Å². The molecule has 0 spiro atoms. The summed E-state index contributed by atoms with van der Waals surface area (Å²) in [6.07, 6.45) is 0.366. The second kappa shape index (κ2) is 8.57. The third kappa shape index (κ3) is 4.01. The maximum absolute atomic E-state index is 12.7. The lowest BCUT2D eigenvalue weighted by Crippen LogP contribution is -2.28. The maximum atomic E-state index is 12.7. The summed E-state index contributed by atoms with van der Waals surface area (Å²) in [4.78, 5) is 19.1.